The molecule has 0 aliphatic carbocycles. The lowest BCUT2D eigenvalue weighted by Gasteiger charge is -2.33. The highest BCUT2D eigenvalue weighted by molar-refractivity contribution is 5.88. The third kappa shape index (κ3) is 6.14. The molecule has 4 rings (SSSR count). The number of nitrogens with one attached hydrogen (secondary N) is 1. The van der Waals surface area contributed by atoms with E-state index in [-0.39, 0.29) is 0 Å². The number of piperazine rings is 1. The van der Waals surface area contributed by atoms with Gasteiger partial charge in [-0.15, -0.1) is 0 Å². The first-order valence-electron chi connectivity index (χ1n) is 12.0. The Bertz CT molecular complexity index is 1140. The minimum atomic E-state index is 0.878. The molecule has 1 aromatic carbocycles. The van der Waals surface area contributed by atoms with E-state index in [4.69, 9.17) is 0 Å². The molecule has 1 fully saturated rings. The maximum Gasteiger partial charge on any atom is 0.128 e. The molecule has 0 amide bonds. The molecule has 1 aliphatic heterocycles. The van der Waals surface area contributed by atoms with Crippen LogP contribution in [-0.2, 0) is 6.42 Å². The van der Waals surface area contributed by atoms with Gasteiger partial charge in [0, 0.05) is 70.8 Å². The minimum Gasteiger partial charge on any atom is -0.383 e. The minimum absolute atomic E-state index is 0.878. The van der Waals surface area contributed by atoms with E-state index in [2.05, 4.69) is 81.3 Å². The topological polar surface area (TPSA) is 47.5 Å². The van der Waals surface area contributed by atoms with Crippen LogP contribution in [0.2, 0.25) is 0 Å². The molecule has 0 spiro atoms. The van der Waals surface area contributed by atoms with Crippen molar-refractivity contribution in [2.24, 2.45) is 0 Å². The van der Waals surface area contributed by atoms with Crippen molar-refractivity contribution in [3.8, 4) is 0 Å². The fourth-order valence-corrected chi connectivity index (χ4v) is 4.27. The number of nitrogens with zero attached hydrogens (tertiary/aromatic N) is 5. The first kappa shape index (κ1) is 23.8. The van der Waals surface area contributed by atoms with Crippen molar-refractivity contribution in [1.29, 1.82) is 0 Å². The van der Waals surface area contributed by atoms with Gasteiger partial charge in [-0.1, -0.05) is 24.8 Å². The zero-order valence-corrected chi connectivity index (χ0v) is 20.7. The van der Waals surface area contributed by atoms with Gasteiger partial charge in [-0.2, -0.15) is 0 Å². The second-order valence-electron chi connectivity index (χ2n) is 9.23. The number of aryl methyl sites for hydroxylation is 1. The molecule has 0 saturated carbocycles. The highest BCUT2D eigenvalue weighted by atomic mass is 15.3. The van der Waals surface area contributed by atoms with Gasteiger partial charge in [0.2, 0.25) is 0 Å². The van der Waals surface area contributed by atoms with Crippen molar-refractivity contribution in [1.82, 2.24) is 19.8 Å². The molecule has 1 N–H and O–H groups in total. The second kappa shape index (κ2) is 11.2. The molecule has 0 atom stereocenters. The van der Waals surface area contributed by atoms with E-state index in [1.807, 2.05) is 37.5 Å². The van der Waals surface area contributed by atoms with Crippen LogP contribution in [0.1, 0.15) is 17.5 Å². The van der Waals surface area contributed by atoms with Crippen LogP contribution in [0.4, 0.5) is 11.6 Å². The first-order valence-corrected chi connectivity index (χ1v) is 12.0. The smallest absolute Gasteiger partial charge is 0.128 e. The molecule has 3 heterocycles. The number of pyridine rings is 2. The van der Waals surface area contributed by atoms with Crippen LogP contribution in [0.3, 0.4) is 0 Å². The van der Waals surface area contributed by atoms with E-state index < -0.39 is 0 Å². The Kier molecular flexibility index (Phi) is 7.80. The average Bonchev–Trinajstić information content (AvgIpc) is 2.85. The Balaban J connectivity index is 1.35. The van der Waals surface area contributed by atoms with Crippen molar-refractivity contribution in [3.05, 3.63) is 78.8 Å². The molecule has 1 saturated heterocycles. The molecule has 34 heavy (non-hydrogen) atoms. The van der Waals surface area contributed by atoms with E-state index in [0.29, 0.717) is 0 Å². The summed E-state index contributed by atoms with van der Waals surface area (Å²) >= 11 is 0. The maximum absolute atomic E-state index is 4.60. The summed E-state index contributed by atoms with van der Waals surface area (Å²) in [5, 5.41) is 5.81. The third-order valence-electron chi connectivity index (χ3n) is 6.26. The number of fused-ring (bicyclic) bond motifs is 1. The van der Waals surface area contributed by atoms with Crippen LogP contribution < -0.4 is 10.2 Å². The van der Waals surface area contributed by atoms with Gasteiger partial charge < -0.3 is 20.0 Å². The Hall–Kier alpha value is -3.38. The molecule has 3 aromatic rings. The summed E-state index contributed by atoms with van der Waals surface area (Å²) in [6, 6.07) is 13.0. The Morgan fingerprint density at radius 1 is 1.06 bits per heavy atom. The van der Waals surface area contributed by atoms with Crippen LogP contribution in [-0.4, -0.2) is 73.6 Å². The number of benzene rings is 1. The lowest BCUT2D eigenvalue weighted by atomic mass is 10.0. The summed E-state index contributed by atoms with van der Waals surface area (Å²) in [6.45, 7) is 9.13. The van der Waals surface area contributed by atoms with E-state index >= 15 is 0 Å². The standard InChI is InChI=1S/C28H36N6/c1-5-23(21-32(2)3)24-8-9-25-20-31-27(19-26(25)18-24)29-11-6-7-22-10-12-30-28(17-22)34-15-13-33(4)14-16-34/h5,8-10,12,17-21H,1,6-7,11,13-16H2,2-4H3,(H,29,31)/b23-21+. The molecule has 0 bridgehead atoms. The molecular weight excluding hydrogens is 420 g/mol. The zero-order valence-electron chi connectivity index (χ0n) is 20.7. The third-order valence-corrected chi connectivity index (χ3v) is 6.26. The quantitative estimate of drug-likeness (QED) is 0.378. The largest absolute Gasteiger partial charge is 0.383 e. The van der Waals surface area contributed by atoms with Crippen molar-refractivity contribution in [2.45, 2.75) is 12.8 Å². The predicted molar refractivity (Wildman–Crippen MR) is 144 cm³/mol. The lowest BCUT2D eigenvalue weighted by molar-refractivity contribution is 0.312. The normalized spacial score (nSPS) is 14.9. The molecule has 6 heteroatoms. The van der Waals surface area contributed by atoms with Crippen LogP contribution in [0.25, 0.3) is 16.3 Å². The summed E-state index contributed by atoms with van der Waals surface area (Å²) in [5.41, 5.74) is 3.60. The number of allylic oxidation sites excluding steroid dienone is 2. The number of hydrogen-bond donors (Lipinski definition) is 1. The van der Waals surface area contributed by atoms with Gasteiger partial charge in [0.1, 0.15) is 11.6 Å². The SMILES string of the molecule is C=C/C(=C\N(C)C)c1ccc2cnc(NCCCc3ccnc(N4CCN(C)CC4)c3)cc2c1. The van der Waals surface area contributed by atoms with Gasteiger partial charge in [-0.3, -0.25) is 0 Å². The summed E-state index contributed by atoms with van der Waals surface area (Å²) in [7, 11) is 6.23. The van der Waals surface area contributed by atoms with Gasteiger partial charge >= 0.3 is 0 Å². The highest BCUT2D eigenvalue weighted by Gasteiger charge is 2.15. The number of hydrogen-bond acceptors (Lipinski definition) is 6. The van der Waals surface area contributed by atoms with Crippen LogP contribution in [0.5, 0.6) is 0 Å². The van der Waals surface area contributed by atoms with Gasteiger partial charge in [-0.05, 0) is 66.2 Å². The predicted octanol–water partition coefficient (Wildman–Crippen LogP) is 4.51. The lowest BCUT2D eigenvalue weighted by Crippen LogP contribution is -2.44. The van der Waals surface area contributed by atoms with Crippen LogP contribution in [0.15, 0.2) is 67.6 Å². The molecule has 1 aliphatic rings. The first-order chi connectivity index (χ1) is 16.5. The fourth-order valence-electron chi connectivity index (χ4n) is 4.27. The molecule has 0 radical (unpaired) electrons. The Morgan fingerprint density at radius 3 is 2.65 bits per heavy atom. The molecule has 2 aromatic heterocycles. The Labute approximate surface area is 203 Å². The summed E-state index contributed by atoms with van der Waals surface area (Å²) in [4.78, 5) is 16.0. The van der Waals surface area contributed by atoms with Crippen molar-refractivity contribution in [2.75, 3.05) is 64.1 Å². The zero-order chi connectivity index (χ0) is 23.9. The van der Waals surface area contributed by atoms with Gasteiger partial charge in [0.05, 0.1) is 0 Å². The van der Waals surface area contributed by atoms with E-state index in [1.165, 1.54) is 10.9 Å². The number of likely N-dealkylation sites (N-methyl/N-ethyl adjacent to an activating group) is 1. The number of aromatic nitrogens is 2. The van der Waals surface area contributed by atoms with Gasteiger partial charge in [0.15, 0.2) is 0 Å². The van der Waals surface area contributed by atoms with Crippen molar-refractivity contribution >= 4 is 28.0 Å². The summed E-state index contributed by atoms with van der Waals surface area (Å²) in [6.07, 6.45) is 9.93. The second-order valence-corrected chi connectivity index (χ2v) is 9.23. The van der Waals surface area contributed by atoms with Crippen molar-refractivity contribution in [3.63, 3.8) is 0 Å². The fraction of sp³-hybridized carbons (Fsp3) is 0.357. The Morgan fingerprint density at radius 2 is 1.88 bits per heavy atom. The van der Waals surface area contributed by atoms with Crippen LogP contribution >= 0.6 is 0 Å². The number of anilines is 2. The molecule has 0 unspecified atom stereocenters. The molecule has 178 valence electrons. The van der Waals surface area contributed by atoms with Gasteiger partial charge in [-0.25, -0.2) is 9.97 Å². The summed E-state index contributed by atoms with van der Waals surface area (Å²) < 4.78 is 0. The van der Waals surface area contributed by atoms with E-state index in [1.54, 1.807) is 0 Å². The monoisotopic (exact) mass is 456 g/mol. The van der Waals surface area contributed by atoms with Crippen LogP contribution in [0, 0.1) is 0 Å². The highest BCUT2D eigenvalue weighted by Crippen LogP contribution is 2.24. The molecule has 6 nitrogen and oxygen atoms in total. The molecular formula is C28H36N6. The maximum atomic E-state index is 4.60. The van der Waals surface area contributed by atoms with E-state index in [0.717, 1.165) is 73.7 Å². The van der Waals surface area contributed by atoms with E-state index in [9.17, 15) is 0 Å². The van der Waals surface area contributed by atoms with Crippen molar-refractivity contribution < 1.29 is 0 Å². The number of rotatable bonds is 9. The van der Waals surface area contributed by atoms with Gasteiger partial charge in [0.25, 0.3) is 0 Å². The average molecular weight is 457 g/mol. The summed E-state index contributed by atoms with van der Waals surface area (Å²) in [5.74, 6) is 2.02.